The smallest absolute Gasteiger partial charge is 0.236 e. The van der Waals surface area contributed by atoms with Crippen LogP contribution in [0.3, 0.4) is 0 Å². The number of nitrogens with one attached hydrogen (secondary N) is 1. The molecule has 30 heavy (non-hydrogen) atoms. The first-order valence-corrected chi connectivity index (χ1v) is 10.6. The number of hydrogen-bond donors (Lipinski definition) is 1. The quantitative estimate of drug-likeness (QED) is 0.558. The highest BCUT2D eigenvalue weighted by Crippen LogP contribution is 2.29. The molecule has 1 saturated heterocycles. The number of ether oxygens (including phenoxy) is 3. The summed E-state index contributed by atoms with van der Waals surface area (Å²) in [5.74, 6) is 3.04. The summed E-state index contributed by atoms with van der Waals surface area (Å²) in [7, 11) is 3.34. The van der Waals surface area contributed by atoms with Gasteiger partial charge in [-0.05, 0) is 60.6 Å². The molecule has 162 valence electrons. The minimum Gasteiger partial charge on any atom is -0.497 e. The molecule has 0 bridgehead atoms. The minimum atomic E-state index is 0.171. The molecule has 6 heteroatoms. The summed E-state index contributed by atoms with van der Waals surface area (Å²) < 4.78 is 16.7. The predicted molar refractivity (Wildman–Crippen MR) is 117 cm³/mol. The Morgan fingerprint density at radius 2 is 1.83 bits per heavy atom. The molecule has 0 aromatic heterocycles. The van der Waals surface area contributed by atoms with Crippen molar-refractivity contribution in [2.24, 2.45) is 0 Å². The first-order valence-electron chi connectivity index (χ1n) is 10.6. The standard InChI is InChI=1S/C24H32N2O4/c1-18(20-14-22(28-2)16-23(15-20)29-3)7-6-12-30-21-9-4-8-19(13-21)17-25-26-11-5-10-24(26)27/h4,8-9,13-16,18,25H,5-7,10-12,17H2,1-3H3. The van der Waals surface area contributed by atoms with Gasteiger partial charge in [0.2, 0.25) is 5.91 Å². The number of rotatable bonds is 11. The fourth-order valence-corrected chi connectivity index (χ4v) is 3.61. The number of methoxy groups -OCH3 is 2. The van der Waals surface area contributed by atoms with Crippen LogP contribution in [0, 0.1) is 0 Å². The highest BCUT2D eigenvalue weighted by atomic mass is 16.5. The molecule has 1 unspecified atom stereocenters. The first-order chi connectivity index (χ1) is 14.6. The van der Waals surface area contributed by atoms with Crippen LogP contribution in [0.5, 0.6) is 17.2 Å². The van der Waals surface area contributed by atoms with E-state index in [9.17, 15) is 4.79 Å². The Morgan fingerprint density at radius 1 is 1.07 bits per heavy atom. The van der Waals surface area contributed by atoms with Crippen molar-refractivity contribution in [3.05, 3.63) is 53.6 Å². The van der Waals surface area contributed by atoms with Gasteiger partial charge in [-0.3, -0.25) is 9.80 Å². The lowest BCUT2D eigenvalue weighted by Crippen LogP contribution is -2.38. The molecule has 1 amide bonds. The number of hydrogen-bond acceptors (Lipinski definition) is 5. The van der Waals surface area contributed by atoms with Crippen molar-refractivity contribution in [2.45, 2.75) is 45.1 Å². The van der Waals surface area contributed by atoms with E-state index in [1.54, 1.807) is 19.2 Å². The average Bonchev–Trinajstić information content (AvgIpc) is 3.19. The van der Waals surface area contributed by atoms with Gasteiger partial charge in [0.1, 0.15) is 17.2 Å². The molecule has 2 aromatic carbocycles. The Labute approximate surface area is 179 Å². The van der Waals surface area contributed by atoms with Gasteiger partial charge in [-0.2, -0.15) is 0 Å². The van der Waals surface area contributed by atoms with Gasteiger partial charge in [-0.15, -0.1) is 0 Å². The van der Waals surface area contributed by atoms with Crippen LogP contribution in [0.4, 0.5) is 0 Å². The van der Waals surface area contributed by atoms with E-state index in [0.29, 0.717) is 25.5 Å². The summed E-state index contributed by atoms with van der Waals surface area (Å²) in [5.41, 5.74) is 5.51. The lowest BCUT2D eigenvalue weighted by atomic mass is 9.96. The molecule has 1 fully saturated rings. The van der Waals surface area contributed by atoms with Crippen molar-refractivity contribution in [1.29, 1.82) is 0 Å². The summed E-state index contributed by atoms with van der Waals surface area (Å²) in [4.78, 5) is 11.7. The number of carbonyl (C=O) groups excluding carboxylic acids is 1. The zero-order chi connectivity index (χ0) is 21.3. The van der Waals surface area contributed by atoms with Crippen molar-refractivity contribution < 1.29 is 19.0 Å². The van der Waals surface area contributed by atoms with Gasteiger partial charge in [0.15, 0.2) is 0 Å². The molecule has 2 aromatic rings. The first kappa shape index (κ1) is 22.0. The number of benzene rings is 2. The van der Waals surface area contributed by atoms with Crippen LogP contribution >= 0.6 is 0 Å². The molecule has 0 radical (unpaired) electrons. The zero-order valence-corrected chi connectivity index (χ0v) is 18.1. The second-order valence-corrected chi connectivity index (χ2v) is 7.67. The Kier molecular flexibility index (Phi) is 7.97. The highest BCUT2D eigenvalue weighted by molar-refractivity contribution is 5.77. The van der Waals surface area contributed by atoms with Gasteiger partial charge >= 0.3 is 0 Å². The third kappa shape index (κ3) is 6.13. The number of nitrogens with zero attached hydrogens (tertiary/aromatic N) is 1. The van der Waals surface area contributed by atoms with Crippen LogP contribution in [0.1, 0.15) is 49.7 Å². The van der Waals surface area contributed by atoms with E-state index in [0.717, 1.165) is 48.6 Å². The Morgan fingerprint density at radius 3 is 2.50 bits per heavy atom. The van der Waals surface area contributed by atoms with Gasteiger partial charge in [0.25, 0.3) is 0 Å². The van der Waals surface area contributed by atoms with E-state index in [1.165, 1.54) is 5.56 Å². The maximum Gasteiger partial charge on any atom is 0.236 e. The molecule has 6 nitrogen and oxygen atoms in total. The van der Waals surface area contributed by atoms with Crippen LogP contribution in [-0.2, 0) is 11.3 Å². The third-order valence-corrected chi connectivity index (χ3v) is 5.44. The summed E-state index contributed by atoms with van der Waals surface area (Å²) in [6.45, 7) is 4.27. The lowest BCUT2D eigenvalue weighted by Gasteiger charge is -2.17. The van der Waals surface area contributed by atoms with E-state index in [-0.39, 0.29) is 5.91 Å². The molecule has 1 heterocycles. The summed E-state index contributed by atoms with van der Waals surface area (Å²) >= 11 is 0. The maximum absolute atomic E-state index is 11.7. The molecule has 0 saturated carbocycles. The maximum atomic E-state index is 11.7. The van der Waals surface area contributed by atoms with Gasteiger partial charge in [0.05, 0.1) is 20.8 Å². The van der Waals surface area contributed by atoms with Gasteiger partial charge in [0, 0.05) is 25.6 Å². The molecular formula is C24H32N2O4. The van der Waals surface area contributed by atoms with Crippen LogP contribution in [0.25, 0.3) is 0 Å². The van der Waals surface area contributed by atoms with E-state index in [1.807, 2.05) is 30.3 Å². The fraction of sp³-hybridized carbons (Fsp3) is 0.458. The van der Waals surface area contributed by atoms with Crippen molar-refractivity contribution in [2.75, 3.05) is 27.4 Å². The minimum absolute atomic E-state index is 0.171. The van der Waals surface area contributed by atoms with Crippen molar-refractivity contribution in [1.82, 2.24) is 10.4 Å². The molecule has 0 aliphatic carbocycles. The van der Waals surface area contributed by atoms with Crippen LogP contribution in [0.15, 0.2) is 42.5 Å². The zero-order valence-electron chi connectivity index (χ0n) is 18.1. The van der Waals surface area contributed by atoms with Crippen molar-refractivity contribution in [3.63, 3.8) is 0 Å². The Bertz CT molecular complexity index is 817. The normalized spacial score (nSPS) is 14.6. The molecule has 1 N–H and O–H groups in total. The van der Waals surface area contributed by atoms with E-state index >= 15 is 0 Å². The monoisotopic (exact) mass is 412 g/mol. The highest BCUT2D eigenvalue weighted by Gasteiger charge is 2.19. The van der Waals surface area contributed by atoms with Crippen LogP contribution in [-0.4, -0.2) is 38.3 Å². The van der Waals surface area contributed by atoms with Gasteiger partial charge in [-0.1, -0.05) is 19.1 Å². The molecule has 1 aliphatic heterocycles. The number of carbonyl (C=O) groups is 1. The topological polar surface area (TPSA) is 60.0 Å². The van der Waals surface area contributed by atoms with E-state index in [4.69, 9.17) is 14.2 Å². The summed E-state index contributed by atoms with van der Waals surface area (Å²) in [6.07, 6.45) is 3.52. The molecule has 1 atom stereocenters. The molecule has 3 rings (SSSR count). The van der Waals surface area contributed by atoms with E-state index in [2.05, 4.69) is 24.5 Å². The van der Waals surface area contributed by atoms with Crippen molar-refractivity contribution >= 4 is 5.91 Å². The lowest BCUT2D eigenvalue weighted by molar-refractivity contribution is -0.130. The second kappa shape index (κ2) is 10.9. The number of hydrazine groups is 1. The predicted octanol–water partition coefficient (Wildman–Crippen LogP) is 4.29. The largest absolute Gasteiger partial charge is 0.497 e. The summed E-state index contributed by atoms with van der Waals surface area (Å²) in [5, 5.41) is 1.71. The van der Waals surface area contributed by atoms with Gasteiger partial charge in [-0.25, -0.2) is 5.43 Å². The van der Waals surface area contributed by atoms with Gasteiger partial charge < -0.3 is 14.2 Å². The molecule has 0 spiro atoms. The third-order valence-electron chi connectivity index (χ3n) is 5.44. The van der Waals surface area contributed by atoms with E-state index < -0.39 is 0 Å². The Balaban J connectivity index is 1.44. The SMILES string of the molecule is COc1cc(OC)cc(C(C)CCCOc2cccc(CNN3CCCC3=O)c2)c1. The summed E-state index contributed by atoms with van der Waals surface area (Å²) in [6, 6.07) is 14.1. The Hall–Kier alpha value is -2.73. The average molecular weight is 413 g/mol. The second-order valence-electron chi connectivity index (χ2n) is 7.67. The fourth-order valence-electron chi connectivity index (χ4n) is 3.61. The van der Waals surface area contributed by atoms with Crippen LogP contribution < -0.4 is 19.6 Å². The molecular weight excluding hydrogens is 380 g/mol. The van der Waals surface area contributed by atoms with Crippen LogP contribution in [0.2, 0.25) is 0 Å². The number of amides is 1. The molecule has 1 aliphatic rings. The van der Waals surface area contributed by atoms with Crippen molar-refractivity contribution in [3.8, 4) is 17.2 Å².